The van der Waals surface area contributed by atoms with E-state index in [1.807, 2.05) is 31.0 Å². The number of amides is 1. The highest BCUT2D eigenvalue weighted by Crippen LogP contribution is 2.15. The second-order valence-corrected chi connectivity index (χ2v) is 8.22. The van der Waals surface area contributed by atoms with Crippen molar-refractivity contribution in [2.24, 2.45) is 0 Å². The van der Waals surface area contributed by atoms with E-state index in [4.69, 9.17) is 0 Å². The van der Waals surface area contributed by atoms with Gasteiger partial charge in [0.05, 0.1) is 6.04 Å². The molecule has 1 aliphatic heterocycles. The van der Waals surface area contributed by atoms with Gasteiger partial charge in [-0.3, -0.25) is 14.6 Å². The number of aryl methyl sites for hydroxylation is 1. The summed E-state index contributed by atoms with van der Waals surface area (Å²) in [5.41, 5.74) is 2.85. The molecule has 2 aromatic rings. The molecule has 5 heteroatoms. The second-order valence-electron chi connectivity index (χ2n) is 8.22. The monoisotopic (exact) mass is 397 g/mol. The number of likely N-dealkylation sites (N-methyl/N-ethyl adjacent to an activating group) is 1. The van der Waals surface area contributed by atoms with Gasteiger partial charge in [0.1, 0.15) is 5.82 Å². The Balaban J connectivity index is 1.44. The molecular weight excluding hydrogens is 365 g/mol. The molecule has 0 aliphatic carbocycles. The SMILES string of the molecule is Cc1ccc(CN(C)[C@H](C)C(=O)NC2CCN(Cc3ccccc3)CC2)cc1F. The van der Waals surface area contributed by atoms with Crippen LogP contribution in [0.4, 0.5) is 4.39 Å². The summed E-state index contributed by atoms with van der Waals surface area (Å²) in [7, 11) is 1.91. The lowest BCUT2D eigenvalue weighted by atomic mass is 10.0. The van der Waals surface area contributed by atoms with E-state index in [1.54, 1.807) is 19.1 Å². The predicted molar refractivity (Wildman–Crippen MR) is 115 cm³/mol. The van der Waals surface area contributed by atoms with Crippen LogP contribution in [0.25, 0.3) is 0 Å². The summed E-state index contributed by atoms with van der Waals surface area (Å²) in [6, 6.07) is 15.7. The smallest absolute Gasteiger partial charge is 0.237 e. The van der Waals surface area contributed by atoms with Gasteiger partial charge in [-0.1, -0.05) is 42.5 Å². The molecule has 1 saturated heterocycles. The Morgan fingerprint density at radius 3 is 2.52 bits per heavy atom. The number of nitrogens with zero attached hydrogens (tertiary/aromatic N) is 2. The fourth-order valence-electron chi connectivity index (χ4n) is 3.76. The molecule has 0 spiro atoms. The minimum Gasteiger partial charge on any atom is -0.352 e. The number of likely N-dealkylation sites (tertiary alicyclic amines) is 1. The molecule has 1 amide bonds. The highest BCUT2D eigenvalue weighted by Gasteiger charge is 2.24. The fraction of sp³-hybridized carbons (Fsp3) is 0.458. The molecule has 0 unspecified atom stereocenters. The summed E-state index contributed by atoms with van der Waals surface area (Å²) in [6.07, 6.45) is 1.94. The molecule has 2 aromatic carbocycles. The maximum atomic E-state index is 13.8. The Hall–Kier alpha value is -2.24. The summed E-state index contributed by atoms with van der Waals surface area (Å²) < 4.78 is 13.8. The third-order valence-corrected chi connectivity index (χ3v) is 5.89. The van der Waals surface area contributed by atoms with Gasteiger partial charge >= 0.3 is 0 Å². The van der Waals surface area contributed by atoms with Crippen molar-refractivity contribution in [3.05, 3.63) is 71.0 Å². The van der Waals surface area contributed by atoms with Crippen LogP contribution in [0, 0.1) is 12.7 Å². The number of hydrogen-bond donors (Lipinski definition) is 1. The molecule has 1 aliphatic rings. The molecule has 0 aromatic heterocycles. The Morgan fingerprint density at radius 2 is 1.86 bits per heavy atom. The van der Waals surface area contributed by atoms with E-state index in [9.17, 15) is 9.18 Å². The number of carbonyl (C=O) groups is 1. The molecule has 0 saturated carbocycles. The molecule has 1 atom stereocenters. The zero-order valence-corrected chi connectivity index (χ0v) is 17.7. The van der Waals surface area contributed by atoms with E-state index in [2.05, 4.69) is 34.5 Å². The van der Waals surface area contributed by atoms with Gasteiger partial charge in [-0.05, 0) is 56.5 Å². The number of hydrogen-bond acceptors (Lipinski definition) is 3. The molecule has 1 fully saturated rings. The Labute approximate surface area is 173 Å². The van der Waals surface area contributed by atoms with Crippen molar-refractivity contribution in [2.75, 3.05) is 20.1 Å². The zero-order valence-electron chi connectivity index (χ0n) is 17.7. The zero-order chi connectivity index (χ0) is 20.8. The first-order chi connectivity index (χ1) is 13.9. The van der Waals surface area contributed by atoms with Crippen molar-refractivity contribution in [3.8, 4) is 0 Å². The molecule has 29 heavy (non-hydrogen) atoms. The Kier molecular flexibility index (Phi) is 7.40. The van der Waals surface area contributed by atoms with Crippen LogP contribution >= 0.6 is 0 Å². The molecular formula is C24H32FN3O. The van der Waals surface area contributed by atoms with Crippen LogP contribution in [0.3, 0.4) is 0 Å². The average Bonchev–Trinajstić information content (AvgIpc) is 2.72. The van der Waals surface area contributed by atoms with Gasteiger partial charge in [-0.2, -0.15) is 0 Å². The van der Waals surface area contributed by atoms with Crippen molar-refractivity contribution < 1.29 is 9.18 Å². The third kappa shape index (κ3) is 6.12. The van der Waals surface area contributed by atoms with Gasteiger partial charge in [0.15, 0.2) is 0 Å². The highest BCUT2D eigenvalue weighted by atomic mass is 19.1. The van der Waals surface area contributed by atoms with Crippen molar-refractivity contribution in [3.63, 3.8) is 0 Å². The van der Waals surface area contributed by atoms with E-state index in [0.717, 1.165) is 38.0 Å². The maximum absolute atomic E-state index is 13.8. The van der Waals surface area contributed by atoms with Crippen molar-refractivity contribution >= 4 is 5.91 Å². The van der Waals surface area contributed by atoms with Crippen LogP contribution in [0.5, 0.6) is 0 Å². The van der Waals surface area contributed by atoms with Crippen LogP contribution in [-0.4, -0.2) is 47.9 Å². The van der Waals surface area contributed by atoms with Gasteiger partial charge in [-0.25, -0.2) is 4.39 Å². The molecule has 0 bridgehead atoms. The van der Waals surface area contributed by atoms with Crippen molar-refractivity contribution in [2.45, 2.75) is 51.9 Å². The lowest BCUT2D eigenvalue weighted by molar-refractivity contribution is -0.126. The lowest BCUT2D eigenvalue weighted by Gasteiger charge is -2.33. The standard InChI is InChI=1S/C24H32FN3O/c1-18-9-10-21(15-23(18)25)16-27(3)19(2)24(29)26-22-11-13-28(14-12-22)17-20-7-5-4-6-8-20/h4-10,15,19,22H,11-14,16-17H2,1-3H3,(H,26,29)/t19-/m1/s1. The average molecular weight is 398 g/mol. The first-order valence-corrected chi connectivity index (χ1v) is 10.4. The molecule has 156 valence electrons. The number of piperidine rings is 1. The van der Waals surface area contributed by atoms with E-state index >= 15 is 0 Å². The summed E-state index contributed by atoms with van der Waals surface area (Å²) in [5.74, 6) is -0.156. The van der Waals surface area contributed by atoms with Crippen LogP contribution < -0.4 is 5.32 Å². The summed E-state index contributed by atoms with van der Waals surface area (Å²) in [6.45, 7) is 7.16. The van der Waals surface area contributed by atoms with Gasteiger partial charge < -0.3 is 5.32 Å². The minimum atomic E-state index is -0.262. The van der Waals surface area contributed by atoms with Gasteiger partial charge in [0.2, 0.25) is 5.91 Å². The number of benzene rings is 2. The molecule has 3 rings (SSSR count). The quantitative estimate of drug-likeness (QED) is 0.773. The third-order valence-electron chi connectivity index (χ3n) is 5.89. The number of rotatable bonds is 7. The summed E-state index contributed by atoms with van der Waals surface area (Å²) >= 11 is 0. The first kappa shape index (κ1) is 21.5. The van der Waals surface area contributed by atoms with Crippen LogP contribution in [0.1, 0.15) is 36.5 Å². The van der Waals surface area contributed by atoms with Gasteiger partial charge in [0.25, 0.3) is 0 Å². The number of carbonyl (C=O) groups excluding carboxylic acids is 1. The molecule has 4 nitrogen and oxygen atoms in total. The maximum Gasteiger partial charge on any atom is 0.237 e. The Morgan fingerprint density at radius 1 is 1.17 bits per heavy atom. The van der Waals surface area contributed by atoms with Crippen LogP contribution in [0.2, 0.25) is 0 Å². The largest absolute Gasteiger partial charge is 0.352 e. The van der Waals surface area contributed by atoms with Crippen molar-refractivity contribution in [1.29, 1.82) is 0 Å². The van der Waals surface area contributed by atoms with Crippen molar-refractivity contribution in [1.82, 2.24) is 15.1 Å². The van der Waals surface area contributed by atoms with Crippen LogP contribution in [0.15, 0.2) is 48.5 Å². The molecule has 1 N–H and O–H groups in total. The van der Waals surface area contributed by atoms with Crippen LogP contribution in [-0.2, 0) is 17.9 Å². The summed E-state index contributed by atoms with van der Waals surface area (Å²) in [5, 5.41) is 3.21. The first-order valence-electron chi connectivity index (χ1n) is 10.4. The van der Waals surface area contributed by atoms with Gasteiger partial charge in [0, 0.05) is 32.2 Å². The Bertz CT molecular complexity index is 803. The van der Waals surface area contributed by atoms with E-state index < -0.39 is 0 Å². The van der Waals surface area contributed by atoms with E-state index in [-0.39, 0.29) is 23.8 Å². The number of halogens is 1. The second kappa shape index (κ2) is 9.99. The molecule has 1 heterocycles. The normalized spacial score (nSPS) is 16.7. The highest BCUT2D eigenvalue weighted by molar-refractivity contribution is 5.81. The van der Waals surface area contributed by atoms with E-state index in [0.29, 0.717) is 12.1 Å². The van der Waals surface area contributed by atoms with E-state index in [1.165, 1.54) is 5.56 Å². The predicted octanol–water partition coefficient (Wildman–Crippen LogP) is 3.74. The fourth-order valence-corrected chi connectivity index (χ4v) is 3.76. The summed E-state index contributed by atoms with van der Waals surface area (Å²) in [4.78, 5) is 17.1. The minimum absolute atomic E-state index is 0.0431. The topological polar surface area (TPSA) is 35.6 Å². The number of nitrogens with one attached hydrogen (secondary N) is 1. The molecule has 0 radical (unpaired) electrons. The lowest BCUT2D eigenvalue weighted by Crippen LogP contribution is -2.50. The van der Waals surface area contributed by atoms with Gasteiger partial charge in [-0.15, -0.1) is 0 Å².